The van der Waals surface area contributed by atoms with Gasteiger partial charge in [0.15, 0.2) is 5.52 Å². The van der Waals surface area contributed by atoms with E-state index in [-0.39, 0.29) is 36.5 Å². The van der Waals surface area contributed by atoms with Crippen LogP contribution in [-0.4, -0.2) is 37.6 Å². The van der Waals surface area contributed by atoms with Crippen LogP contribution >= 0.6 is 8.58 Å². The Labute approximate surface area is 208 Å². The van der Waals surface area contributed by atoms with E-state index in [0.717, 1.165) is 19.3 Å². The molecule has 2 aromatic carbocycles. The largest absolute Gasteiger partial charge is 0.493 e. The third-order valence-electron chi connectivity index (χ3n) is 4.63. The van der Waals surface area contributed by atoms with Crippen molar-refractivity contribution in [2.75, 3.05) is 13.2 Å². The van der Waals surface area contributed by atoms with E-state index in [4.69, 9.17) is 9.47 Å². The summed E-state index contributed by atoms with van der Waals surface area (Å²) in [5, 5.41) is 0.212. The second-order valence-electron chi connectivity index (χ2n) is 7.24. The standard InChI is InChI=1S/C23H25F6O3P.Li/c1-3-5-12-31-15-10-11-19(18(14-15)32-13-6-4-2)33-21(30)20-16(22(24,25)26)8-7-9-17(20)23(27,28)29;/h7-11,14,33H,3-6,12-13H2,1-2H3;. The fourth-order valence-corrected chi connectivity index (χ4v) is 4.00. The van der Waals surface area contributed by atoms with E-state index in [0.29, 0.717) is 37.0 Å². The average Bonchev–Trinajstić information content (AvgIpc) is 2.74. The summed E-state index contributed by atoms with van der Waals surface area (Å²) in [4.78, 5) is 12.9. The molecule has 0 saturated carbocycles. The Bertz CT molecular complexity index is 915. The molecular weight excluding hydrogens is 476 g/mol. The summed E-state index contributed by atoms with van der Waals surface area (Å²) in [5.74, 6) is 0.657. The fourth-order valence-electron chi connectivity index (χ4n) is 2.93. The smallest absolute Gasteiger partial charge is 0.417 e. The zero-order valence-corrected chi connectivity index (χ0v) is 20.2. The van der Waals surface area contributed by atoms with Gasteiger partial charge in [-0.3, -0.25) is 4.79 Å². The van der Waals surface area contributed by atoms with Crippen molar-refractivity contribution in [1.29, 1.82) is 0 Å². The van der Waals surface area contributed by atoms with E-state index in [1.54, 1.807) is 0 Å². The van der Waals surface area contributed by atoms with Gasteiger partial charge in [-0.05, 0) is 45.7 Å². The average molecular weight is 501 g/mol. The molecule has 0 spiro atoms. The van der Waals surface area contributed by atoms with Gasteiger partial charge in [0.2, 0.25) is 0 Å². The van der Waals surface area contributed by atoms with Gasteiger partial charge in [-0.1, -0.05) is 32.8 Å². The van der Waals surface area contributed by atoms with Gasteiger partial charge in [0.05, 0.1) is 24.3 Å². The molecule has 0 fully saturated rings. The molecule has 0 bridgehead atoms. The topological polar surface area (TPSA) is 35.5 Å². The maximum Gasteiger partial charge on any atom is 0.417 e. The molecule has 0 N–H and O–H groups in total. The summed E-state index contributed by atoms with van der Waals surface area (Å²) in [7, 11) is -1.00. The number of hydrogen-bond donors (Lipinski definition) is 0. The number of carbonyl (C=O) groups is 1. The number of carbonyl (C=O) groups excluding carboxylic acids is 1. The van der Waals surface area contributed by atoms with Crippen molar-refractivity contribution in [3.8, 4) is 11.5 Å². The van der Waals surface area contributed by atoms with Crippen LogP contribution in [0.5, 0.6) is 11.5 Å². The molecule has 2 aromatic rings. The molecule has 11 heteroatoms. The normalized spacial score (nSPS) is 12.0. The Morgan fingerprint density at radius 3 is 1.88 bits per heavy atom. The number of halogens is 6. The first-order chi connectivity index (χ1) is 15.5. The van der Waals surface area contributed by atoms with E-state index >= 15 is 0 Å². The number of hydrogen-bond acceptors (Lipinski definition) is 3. The predicted octanol–water partition coefficient (Wildman–Crippen LogP) is 6.85. The van der Waals surface area contributed by atoms with E-state index < -0.39 is 43.1 Å². The maximum atomic E-state index is 13.4. The number of ether oxygens (including phenoxy) is 2. The van der Waals surface area contributed by atoms with Crippen LogP contribution in [0.25, 0.3) is 0 Å². The third-order valence-corrected chi connectivity index (χ3v) is 5.79. The van der Waals surface area contributed by atoms with E-state index in [2.05, 4.69) is 0 Å². The first-order valence-electron chi connectivity index (χ1n) is 10.5. The van der Waals surface area contributed by atoms with Crippen molar-refractivity contribution in [3.05, 3.63) is 53.1 Å². The van der Waals surface area contributed by atoms with Gasteiger partial charge in [-0.2, -0.15) is 26.3 Å². The molecule has 0 amide bonds. The van der Waals surface area contributed by atoms with E-state index in [1.165, 1.54) is 18.2 Å². The Balaban J connectivity index is 0.00000578. The Hall–Kier alpha value is -1.68. The Morgan fingerprint density at radius 2 is 1.38 bits per heavy atom. The minimum atomic E-state index is -5.12. The zero-order chi connectivity index (χ0) is 24.6. The van der Waals surface area contributed by atoms with Gasteiger partial charge in [-0.25, -0.2) is 0 Å². The number of alkyl halides is 6. The Kier molecular flexibility index (Phi) is 12.0. The van der Waals surface area contributed by atoms with E-state index in [1.807, 2.05) is 13.8 Å². The van der Waals surface area contributed by atoms with Gasteiger partial charge in [0, 0.05) is 35.8 Å². The SMILES string of the molecule is CCCCOc1ccc(PC(=O)c2c(C(F)(F)F)cccc2C(F)(F)F)c(OCCCC)c1.[Li]. The summed E-state index contributed by atoms with van der Waals surface area (Å²) in [6.45, 7) is 4.66. The van der Waals surface area contributed by atoms with Gasteiger partial charge >= 0.3 is 12.4 Å². The van der Waals surface area contributed by atoms with Gasteiger partial charge in [0.25, 0.3) is 0 Å². The molecule has 0 aliphatic carbocycles. The zero-order valence-electron chi connectivity index (χ0n) is 19.2. The molecule has 1 atom stereocenters. The molecular formula is C23H25F6LiO3P. The van der Waals surface area contributed by atoms with Crippen molar-refractivity contribution >= 4 is 38.3 Å². The molecule has 1 radical (unpaired) electrons. The predicted molar refractivity (Wildman–Crippen MR) is 122 cm³/mol. The molecule has 0 aromatic heterocycles. The summed E-state index contributed by atoms with van der Waals surface area (Å²) in [5.41, 5.74) is -5.86. The first kappa shape index (κ1) is 30.3. The molecule has 0 saturated heterocycles. The van der Waals surface area contributed by atoms with Gasteiger partial charge in [-0.15, -0.1) is 0 Å². The summed E-state index contributed by atoms with van der Waals surface area (Å²) in [6.07, 6.45) is -7.01. The summed E-state index contributed by atoms with van der Waals surface area (Å²) in [6, 6.07) is 6.10. The van der Waals surface area contributed by atoms with Crippen LogP contribution in [0.1, 0.15) is 61.0 Å². The van der Waals surface area contributed by atoms with Crippen LogP contribution in [0.2, 0.25) is 0 Å². The molecule has 183 valence electrons. The minimum absolute atomic E-state index is 0. The van der Waals surface area contributed by atoms with Crippen LogP contribution in [0.4, 0.5) is 26.3 Å². The van der Waals surface area contributed by atoms with Crippen LogP contribution in [-0.2, 0) is 12.4 Å². The number of unbranched alkanes of at least 4 members (excludes halogenated alkanes) is 2. The maximum absolute atomic E-state index is 13.4. The molecule has 0 heterocycles. The Morgan fingerprint density at radius 1 is 0.853 bits per heavy atom. The first-order valence-corrected chi connectivity index (χ1v) is 11.5. The minimum Gasteiger partial charge on any atom is -0.493 e. The van der Waals surface area contributed by atoms with Crippen molar-refractivity contribution in [2.45, 2.75) is 51.9 Å². The van der Waals surface area contributed by atoms with Crippen molar-refractivity contribution in [1.82, 2.24) is 0 Å². The van der Waals surface area contributed by atoms with Crippen LogP contribution in [0, 0.1) is 0 Å². The molecule has 2 rings (SSSR count). The summed E-state index contributed by atoms with van der Waals surface area (Å²) >= 11 is 0. The number of rotatable bonds is 11. The second kappa shape index (κ2) is 13.4. The van der Waals surface area contributed by atoms with Gasteiger partial charge < -0.3 is 9.47 Å². The molecule has 0 aliphatic rings. The van der Waals surface area contributed by atoms with Crippen molar-refractivity contribution in [3.63, 3.8) is 0 Å². The third kappa shape index (κ3) is 8.52. The second-order valence-corrected chi connectivity index (χ2v) is 8.48. The quantitative estimate of drug-likeness (QED) is 0.146. The monoisotopic (exact) mass is 501 g/mol. The van der Waals surface area contributed by atoms with E-state index in [9.17, 15) is 31.1 Å². The van der Waals surface area contributed by atoms with Gasteiger partial charge in [0.1, 0.15) is 11.5 Å². The van der Waals surface area contributed by atoms with Crippen LogP contribution in [0.3, 0.4) is 0 Å². The summed E-state index contributed by atoms with van der Waals surface area (Å²) < 4.78 is 92.0. The molecule has 1 unspecified atom stereocenters. The molecule has 34 heavy (non-hydrogen) atoms. The van der Waals surface area contributed by atoms with Crippen LogP contribution < -0.4 is 14.8 Å². The van der Waals surface area contributed by atoms with Crippen LogP contribution in [0.15, 0.2) is 36.4 Å². The molecule has 0 aliphatic heterocycles. The fraction of sp³-hybridized carbons (Fsp3) is 0.435. The van der Waals surface area contributed by atoms with Crippen molar-refractivity contribution < 1.29 is 40.6 Å². The number of benzene rings is 2. The molecule has 3 nitrogen and oxygen atoms in total. The van der Waals surface area contributed by atoms with Crippen molar-refractivity contribution in [2.24, 2.45) is 0 Å².